The number of amides is 6. The van der Waals surface area contributed by atoms with Crippen molar-refractivity contribution in [3.05, 3.63) is 151 Å². The first-order valence-corrected chi connectivity index (χ1v) is 35.6. The summed E-state index contributed by atoms with van der Waals surface area (Å²) in [5.74, 6) is 0.947. The zero-order valence-electron chi connectivity index (χ0n) is 56.8. The van der Waals surface area contributed by atoms with Crippen molar-refractivity contribution in [2.24, 2.45) is 25.9 Å². The smallest absolute Gasteiger partial charge is 0.291 e. The lowest BCUT2D eigenvalue weighted by molar-refractivity contribution is -0.136. The van der Waals surface area contributed by atoms with Crippen molar-refractivity contribution < 1.29 is 38.2 Å². The van der Waals surface area contributed by atoms with Crippen molar-refractivity contribution >= 4 is 93.2 Å². The van der Waals surface area contributed by atoms with E-state index in [4.69, 9.17) is 65.8 Å². The van der Waals surface area contributed by atoms with E-state index in [1.807, 2.05) is 48.2 Å². The monoisotopic (exact) mass is 1460 g/mol. The fourth-order valence-corrected chi connectivity index (χ4v) is 15.2. The number of fused-ring (bicyclic) bond motifs is 2. The Balaban J connectivity index is 0.000000182. The summed E-state index contributed by atoms with van der Waals surface area (Å²) in [4.78, 5) is 108. The highest BCUT2D eigenvalue weighted by Gasteiger charge is 2.35. The summed E-state index contributed by atoms with van der Waals surface area (Å²) in [7, 11) is 6.76. The number of ether oxygens (including phenoxy) is 2. The topological polar surface area (TPSA) is 311 Å². The van der Waals surface area contributed by atoms with Crippen LogP contribution >= 0.6 is 46.4 Å². The van der Waals surface area contributed by atoms with E-state index >= 15 is 0 Å². The van der Waals surface area contributed by atoms with E-state index in [0.29, 0.717) is 169 Å². The molecule has 6 aliphatic rings. The minimum atomic E-state index is -0.421. The van der Waals surface area contributed by atoms with Crippen LogP contribution in [0.4, 0.5) is 11.4 Å². The standard InChI is InChI=1S/2C36H39Cl2N9O4/c2*1-46-28-12-15-47(36(50)21-10-13-39-17-21)19-27(28)43-33(46)34(49)44-26-5-3-4-24(30(26)37)32-31(38)23(11-14-41-32)25-8-6-20(35(45-25)51-2)16-40-18-22-7-9-29(48)42-22/h2*3-6,8,11,14,21-22,39-40H,7,9-10,12-13,15-19H2,1-2H3,(H,42,48)(H,44,49)/t2*21-,22+/m11/s1. The average molecular weight is 1470 g/mol. The van der Waals surface area contributed by atoms with Crippen LogP contribution in [0.3, 0.4) is 0 Å². The molecule has 26 nitrogen and oxygen atoms in total. The van der Waals surface area contributed by atoms with Crippen molar-refractivity contribution in [3.63, 3.8) is 0 Å². The third kappa shape index (κ3) is 15.3. The van der Waals surface area contributed by atoms with Gasteiger partial charge in [0.2, 0.25) is 35.4 Å². The molecule has 4 atom stereocenters. The van der Waals surface area contributed by atoms with Gasteiger partial charge < -0.3 is 70.9 Å². The van der Waals surface area contributed by atoms with Crippen LogP contribution in [0.2, 0.25) is 20.1 Å². The molecule has 8 N–H and O–H groups in total. The minimum absolute atomic E-state index is 0.0113. The highest BCUT2D eigenvalue weighted by Crippen LogP contribution is 2.43. The molecule has 8 aromatic rings. The van der Waals surface area contributed by atoms with Gasteiger partial charge in [-0.1, -0.05) is 82.8 Å². The highest BCUT2D eigenvalue weighted by molar-refractivity contribution is 6.40. The molecule has 12 heterocycles. The lowest BCUT2D eigenvalue weighted by Gasteiger charge is -2.28. The third-order valence-corrected chi connectivity index (χ3v) is 21.1. The largest absolute Gasteiger partial charge is 0.481 e. The van der Waals surface area contributed by atoms with Gasteiger partial charge in [0.05, 0.1) is 105 Å². The van der Waals surface area contributed by atoms with Gasteiger partial charge in [-0.3, -0.25) is 38.7 Å². The number of anilines is 2. The summed E-state index contributed by atoms with van der Waals surface area (Å²) in [6.45, 7) is 7.39. The van der Waals surface area contributed by atoms with Gasteiger partial charge in [-0.05, 0) is 75.2 Å². The Kier molecular flexibility index (Phi) is 22.1. The highest BCUT2D eigenvalue weighted by atomic mass is 35.5. The van der Waals surface area contributed by atoms with Crippen LogP contribution < -0.4 is 52.0 Å². The number of hydrogen-bond acceptors (Lipinski definition) is 18. The van der Waals surface area contributed by atoms with Crippen molar-refractivity contribution in [2.75, 3.05) is 77.2 Å². The van der Waals surface area contributed by atoms with Crippen LogP contribution in [-0.4, -0.2) is 163 Å². The second-order valence-corrected chi connectivity index (χ2v) is 27.6. The Bertz CT molecular complexity index is 4270. The number of halogens is 4. The van der Waals surface area contributed by atoms with Gasteiger partial charge in [0.1, 0.15) is 0 Å². The Morgan fingerprint density at radius 2 is 0.961 bits per heavy atom. The Labute approximate surface area is 609 Å². The van der Waals surface area contributed by atoms with Gasteiger partial charge in [0.25, 0.3) is 11.8 Å². The second-order valence-electron chi connectivity index (χ2n) is 26.1. The third-order valence-electron chi connectivity index (χ3n) is 19.5. The molecule has 4 fully saturated rings. The molecule has 14 rings (SSSR count). The lowest BCUT2D eigenvalue weighted by atomic mass is 10.0. The quantitative estimate of drug-likeness (QED) is 0.0359. The van der Waals surface area contributed by atoms with E-state index < -0.39 is 11.8 Å². The summed E-state index contributed by atoms with van der Waals surface area (Å²) in [6.07, 6.45) is 8.92. The van der Waals surface area contributed by atoms with Crippen molar-refractivity contribution in [2.45, 2.75) is 89.6 Å². The van der Waals surface area contributed by atoms with Gasteiger partial charge in [-0.15, -0.1) is 0 Å². The van der Waals surface area contributed by atoms with Crippen molar-refractivity contribution in [1.82, 2.24) is 80.7 Å². The first kappa shape index (κ1) is 71.3. The number of nitrogens with one attached hydrogen (secondary N) is 8. The number of benzene rings is 2. The predicted molar refractivity (Wildman–Crippen MR) is 387 cm³/mol. The van der Waals surface area contributed by atoms with Crippen molar-refractivity contribution in [3.8, 4) is 56.8 Å². The lowest BCUT2D eigenvalue weighted by Crippen LogP contribution is -2.40. The fourth-order valence-electron chi connectivity index (χ4n) is 14.0. The van der Waals surface area contributed by atoms with Crippen LogP contribution in [0.15, 0.2) is 85.2 Å². The van der Waals surface area contributed by atoms with E-state index in [0.717, 1.165) is 72.7 Å². The van der Waals surface area contributed by atoms with Crippen LogP contribution in [0, 0.1) is 11.8 Å². The van der Waals surface area contributed by atoms with E-state index in [1.54, 1.807) is 84.3 Å². The van der Waals surface area contributed by atoms with Gasteiger partial charge in [0.15, 0.2) is 11.6 Å². The molecule has 4 saturated heterocycles. The SMILES string of the molecule is COc1nc(-c2ccnc(-c3cccc(NC(=O)c4nc5c(n4C)CCN(C(=O)[C@@H]4CCNC4)C5)c3Cl)c2Cl)ccc1CNC[C@@H]1CCC(=O)N1.COc1nc(-c2ccnc(-c3cccc(NC(=O)c4nc5c(n4C)CCN(C(=O)[C@@H]4CCNC4)C5)c3Cl)c2Cl)ccc1CNC[C@@H]1CCC(=O)N1. The Morgan fingerprint density at radius 3 is 1.34 bits per heavy atom. The fraction of sp³-hybridized carbons (Fsp3) is 0.389. The molecular formula is C72H78Cl4N18O8. The van der Waals surface area contributed by atoms with Gasteiger partial charge in [-0.2, -0.15) is 0 Å². The maximum atomic E-state index is 13.6. The average Bonchev–Trinajstić information content (AvgIpc) is 1.47. The van der Waals surface area contributed by atoms with Crippen LogP contribution in [0.25, 0.3) is 45.0 Å². The van der Waals surface area contributed by atoms with Gasteiger partial charge in [0, 0.05) is 161 Å². The number of rotatable bonds is 20. The van der Waals surface area contributed by atoms with E-state index in [1.165, 1.54) is 0 Å². The number of aromatic nitrogens is 8. The summed E-state index contributed by atoms with van der Waals surface area (Å²) in [6, 6.07) is 21.9. The van der Waals surface area contributed by atoms with Gasteiger partial charge in [-0.25, -0.2) is 19.9 Å². The molecule has 0 bridgehead atoms. The van der Waals surface area contributed by atoms with E-state index in [9.17, 15) is 28.8 Å². The summed E-state index contributed by atoms with van der Waals surface area (Å²) in [5.41, 5.74) is 10.2. The minimum Gasteiger partial charge on any atom is -0.481 e. The molecule has 0 spiro atoms. The molecule has 6 aromatic heterocycles. The number of nitrogens with zero attached hydrogens (tertiary/aromatic N) is 10. The Hall–Kier alpha value is -9.12. The van der Waals surface area contributed by atoms with Gasteiger partial charge >= 0.3 is 0 Å². The summed E-state index contributed by atoms with van der Waals surface area (Å²) >= 11 is 27.8. The van der Waals surface area contributed by atoms with Crippen LogP contribution in [0.1, 0.15) is 93.7 Å². The first-order chi connectivity index (χ1) is 49.4. The zero-order chi connectivity index (χ0) is 71.3. The Morgan fingerprint density at radius 1 is 0.529 bits per heavy atom. The number of methoxy groups -OCH3 is 2. The summed E-state index contributed by atoms with van der Waals surface area (Å²) < 4.78 is 14.8. The van der Waals surface area contributed by atoms with Crippen LogP contribution in [-0.2, 0) is 72.3 Å². The molecule has 532 valence electrons. The molecule has 2 aromatic carbocycles. The predicted octanol–water partition coefficient (Wildman–Crippen LogP) is 7.95. The van der Waals surface area contributed by atoms with E-state index in [2.05, 4.69) is 62.5 Å². The number of carbonyl (C=O) groups is 6. The molecule has 0 saturated carbocycles. The molecule has 102 heavy (non-hydrogen) atoms. The summed E-state index contributed by atoms with van der Waals surface area (Å²) in [5, 5.41) is 26.2. The second kappa shape index (κ2) is 31.6. The molecule has 0 aliphatic carbocycles. The number of pyridine rings is 4. The molecule has 6 amide bonds. The number of carbonyl (C=O) groups excluding carboxylic acids is 6. The maximum absolute atomic E-state index is 13.6. The molecular weight excluding hydrogens is 1390 g/mol. The first-order valence-electron chi connectivity index (χ1n) is 34.1. The number of hydrogen-bond donors (Lipinski definition) is 8. The molecule has 0 unspecified atom stereocenters. The molecule has 0 radical (unpaired) electrons. The zero-order valence-corrected chi connectivity index (χ0v) is 59.8. The molecule has 6 aliphatic heterocycles. The molecule has 30 heteroatoms. The maximum Gasteiger partial charge on any atom is 0.291 e. The number of imidazole rings is 2. The van der Waals surface area contributed by atoms with E-state index in [-0.39, 0.29) is 69.2 Å². The van der Waals surface area contributed by atoms with Crippen molar-refractivity contribution in [1.29, 1.82) is 0 Å². The normalized spacial score (nSPS) is 18.4. The van der Waals surface area contributed by atoms with Crippen LogP contribution in [0.5, 0.6) is 11.8 Å².